The van der Waals surface area contributed by atoms with E-state index >= 15 is 0 Å². The van der Waals surface area contributed by atoms with Gasteiger partial charge < -0.3 is 9.84 Å². The molecule has 88 valence electrons. The lowest BCUT2D eigenvalue weighted by Gasteiger charge is -2.27. The largest absolute Gasteiger partial charge is 0.494 e. The van der Waals surface area contributed by atoms with Gasteiger partial charge in [-0.15, -0.1) is 0 Å². The molecule has 0 radical (unpaired) electrons. The van der Waals surface area contributed by atoms with Crippen LogP contribution >= 0.6 is 0 Å². The van der Waals surface area contributed by atoms with E-state index in [9.17, 15) is 5.11 Å². The van der Waals surface area contributed by atoms with Gasteiger partial charge in [-0.05, 0) is 37.5 Å². The van der Waals surface area contributed by atoms with Gasteiger partial charge in [0.05, 0.1) is 12.7 Å². The Morgan fingerprint density at radius 1 is 1.19 bits per heavy atom. The van der Waals surface area contributed by atoms with Gasteiger partial charge in [0.2, 0.25) is 0 Å². The summed E-state index contributed by atoms with van der Waals surface area (Å²) in [6.07, 6.45) is 4.28. The van der Waals surface area contributed by atoms with Crippen LogP contribution in [0.3, 0.4) is 0 Å². The molecule has 2 heteroatoms. The highest BCUT2D eigenvalue weighted by Gasteiger charge is 2.24. The van der Waals surface area contributed by atoms with Crippen LogP contribution in [0.2, 0.25) is 0 Å². The summed E-state index contributed by atoms with van der Waals surface area (Å²) in [5.41, 5.74) is 1.25. The zero-order valence-electron chi connectivity index (χ0n) is 9.86. The average molecular weight is 220 g/mol. The lowest BCUT2D eigenvalue weighted by Crippen LogP contribution is -2.22. The van der Waals surface area contributed by atoms with Crippen molar-refractivity contribution in [2.24, 2.45) is 0 Å². The highest BCUT2D eigenvalue weighted by molar-refractivity contribution is 5.30. The minimum atomic E-state index is -0.160. The number of hydrogen-bond donors (Lipinski definition) is 1. The van der Waals surface area contributed by atoms with Gasteiger partial charge in [0.1, 0.15) is 5.75 Å². The Labute approximate surface area is 97.3 Å². The Balaban J connectivity index is 2.08. The van der Waals surface area contributed by atoms with Crippen LogP contribution in [0.15, 0.2) is 24.3 Å². The molecule has 1 aliphatic rings. The molecule has 0 aromatic heterocycles. The SMILES string of the molecule is CCOc1ccc([C@H]2CCCC[C@@H]2O)cc1. The fraction of sp³-hybridized carbons (Fsp3) is 0.571. The van der Waals surface area contributed by atoms with E-state index < -0.39 is 0 Å². The van der Waals surface area contributed by atoms with Crippen molar-refractivity contribution in [1.29, 1.82) is 0 Å². The van der Waals surface area contributed by atoms with E-state index in [4.69, 9.17) is 4.74 Å². The molecule has 0 aliphatic heterocycles. The first-order valence-corrected chi connectivity index (χ1v) is 6.22. The molecule has 0 amide bonds. The Morgan fingerprint density at radius 2 is 1.88 bits per heavy atom. The van der Waals surface area contributed by atoms with Gasteiger partial charge in [-0.3, -0.25) is 0 Å². The van der Waals surface area contributed by atoms with Gasteiger partial charge in [-0.1, -0.05) is 25.0 Å². The summed E-state index contributed by atoms with van der Waals surface area (Å²) in [6.45, 7) is 2.68. The van der Waals surface area contributed by atoms with E-state index in [-0.39, 0.29) is 6.10 Å². The maximum atomic E-state index is 9.96. The predicted octanol–water partition coefficient (Wildman–Crippen LogP) is 3.10. The predicted molar refractivity (Wildman–Crippen MR) is 64.8 cm³/mol. The molecule has 1 aliphatic carbocycles. The third kappa shape index (κ3) is 2.56. The van der Waals surface area contributed by atoms with Crippen molar-refractivity contribution in [3.05, 3.63) is 29.8 Å². The average Bonchev–Trinajstić information content (AvgIpc) is 2.31. The van der Waals surface area contributed by atoms with Gasteiger partial charge in [-0.2, -0.15) is 0 Å². The molecule has 16 heavy (non-hydrogen) atoms. The summed E-state index contributed by atoms with van der Waals surface area (Å²) in [5.74, 6) is 1.24. The molecule has 0 spiro atoms. The standard InChI is InChI=1S/C14H20O2/c1-2-16-12-9-7-11(8-10-12)13-5-3-4-6-14(13)15/h7-10,13-15H,2-6H2,1H3/t13-,14+/m1/s1. The fourth-order valence-corrected chi connectivity index (χ4v) is 2.48. The smallest absolute Gasteiger partial charge is 0.119 e. The second kappa shape index (κ2) is 5.35. The van der Waals surface area contributed by atoms with Crippen LogP contribution < -0.4 is 4.74 Å². The minimum Gasteiger partial charge on any atom is -0.494 e. The number of aliphatic hydroxyl groups excluding tert-OH is 1. The number of benzene rings is 1. The molecule has 1 aromatic rings. The first kappa shape index (κ1) is 11.5. The molecule has 2 nitrogen and oxygen atoms in total. The van der Waals surface area contributed by atoms with Crippen molar-refractivity contribution in [2.75, 3.05) is 6.61 Å². The van der Waals surface area contributed by atoms with Crippen molar-refractivity contribution in [1.82, 2.24) is 0 Å². The Bertz CT molecular complexity index is 318. The van der Waals surface area contributed by atoms with Crippen LogP contribution in [0.5, 0.6) is 5.75 Å². The first-order valence-electron chi connectivity index (χ1n) is 6.22. The zero-order valence-corrected chi connectivity index (χ0v) is 9.86. The summed E-state index contributed by atoms with van der Waals surface area (Å²) in [6, 6.07) is 8.18. The Kier molecular flexibility index (Phi) is 3.83. The van der Waals surface area contributed by atoms with E-state index in [1.165, 1.54) is 12.0 Å². The van der Waals surface area contributed by atoms with Crippen LogP contribution in [-0.2, 0) is 0 Å². The van der Waals surface area contributed by atoms with E-state index in [1.54, 1.807) is 0 Å². The lowest BCUT2D eigenvalue weighted by molar-refractivity contribution is 0.106. The molecule has 2 rings (SSSR count). The third-order valence-corrected chi connectivity index (χ3v) is 3.35. The van der Waals surface area contributed by atoms with Crippen LogP contribution in [0, 0.1) is 0 Å². The molecule has 2 atom stereocenters. The van der Waals surface area contributed by atoms with Gasteiger partial charge in [0, 0.05) is 5.92 Å². The maximum Gasteiger partial charge on any atom is 0.119 e. The number of ether oxygens (including phenoxy) is 1. The van der Waals surface area contributed by atoms with Gasteiger partial charge in [-0.25, -0.2) is 0 Å². The van der Waals surface area contributed by atoms with E-state index in [1.807, 2.05) is 19.1 Å². The monoisotopic (exact) mass is 220 g/mol. The zero-order chi connectivity index (χ0) is 11.4. The molecule has 0 unspecified atom stereocenters. The summed E-state index contributed by atoms with van der Waals surface area (Å²) in [5, 5.41) is 9.96. The second-order valence-electron chi connectivity index (χ2n) is 4.46. The summed E-state index contributed by atoms with van der Waals surface area (Å²) < 4.78 is 5.41. The van der Waals surface area contributed by atoms with E-state index in [0.29, 0.717) is 12.5 Å². The van der Waals surface area contributed by atoms with Crippen molar-refractivity contribution >= 4 is 0 Å². The Hall–Kier alpha value is -1.02. The van der Waals surface area contributed by atoms with Crippen molar-refractivity contribution < 1.29 is 9.84 Å². The number of rotatable bonds is 3. The minimum absolute atomic E-state index is 0.160. The molecule has 1 N–H and O–H groups in total. The lowest BCUT2D eigenvalue weighted by atomic mass is 9.82. The highest BCUT2D eigenvalue weighted by Crippen LogP contribution is 2.33. The topological polar surface area (TPSA) is 29.5 Å². The van der Waals surface area contributed by atoms with Crippen LogP contribution in [0.4, 0.5) is 0 Å². The van der Waals surface area contributed by atoms with Gasteiger partial charge in [0.25, 0.3) is 0 Å². The molecule has 0 bridgehead atoms. The fourth-order valence-electron chi connectivity index (χ4n) is 2.48. The molecule has 1 saturated carbocycles. The maximum absolute atomic E-state index is 9.96. The molecule has 1 aromatic carbocycles. The van der Waals surface area contributed by atoms with Gasteiger partial charge in [0.15, 0.2) is 0 Å². The number of aliphatic hydroxyl groups is 1. The van der Waals surface area contributed by atoms with E-state index in [2.05, 4.69) is 12.1 Å². The van der Waals surface area contributed by atoms with Gasteiger partial charge >= 0.3 is 0 Å². The van der Waals surface area contributed by atoms with Crippen LogP contribution in [0.1, 0.15) is 44.1 Å². The Morgan fingerprint density at radius 3 is 2.50 bits per heavy atom. The molecular weight excluding hydrogens is 200 g/mol. The molecular formula is C14H20O2. The number of hydrogen-bond acceptors (Lipinski definition) is 2. The highest BCUT2D eigenvalue weighted by atomic mass is 16.5. The quantitative estimate of drug-likeness (QED) is 0.848. The molecule has 0 heterocycles. The molecule has 0 saturated heterocycles. The van der Waals surface area contributed by atoms with Crippen molar-refractivity contribution in [2.45, 2.75) is 44.6 Å². The summed E-state index contributed by atoms with van der Waals surface area (Å²) in [4.78, 5) is 0. The summed E-state index contributed by atoms with van der Waals surface area (Å²) in [7, 11) is 0. The van der Waals surface area contributed by atoms with Crippen molar-refractivity contribution in [3.8, 4) is 5.75 Å². The van der Waals surface area contributed by atoms with E-state index in [0.717, 1.165) is 25.0 Å². The van der Waals surface area contributed by atoms with Crippen LogP contribution in [-0.4, -0.2) is 17.8 Å². The molecule has 1 fully saturated rings. The third-order valence-electron chi connectivity index (χ3n) is 3.35. The normalized spacial score (nSPS) is 25.4. The second-order valence-corrected chi connectivity index (χ2v) is 4.46. The van der Waals surface area contributed by atoms with Crippen molar-refractivity contribution in [3.63, 3.8) is 0 Å². The first-order chi connectivity index (χ1) is 7.81. The summed E-state index contributed by atoms with van der Waals surface area (Å²) >= 11 is 0. The van der Waals surface area contributed by atoms with Crippen LogP contribution in [0.25, 0.3) is 0 Å².